The third-order valence-electron chi connectivity index (χ3n) is 1.06. The molecule has 54 valence electrons. The van der Waals surface area contributed by atoms with E-state index in [9.17, 15) is 0 Å². The molecule has 1 nitrogen and oxygen atoms in total. The highest BCUT2D eigenvalue weighted by atomic mass is 16.5. The molecule has 0 radical (unpaired) electrons. The van der Waals surface area contributed by atoms with Crippen molar-refractivity contribution in [3.63, 3.8) is 0 Å². The molecule has 10 heavy (non-hydrogen) atoms. The molecule has 0 aliphatic rings. The van der Waals surface area contributed by atoms with Crippen molar-refractivity contribution in [2.45, 2.75) is 19.4 Å². The summed E-state index contributed by atoms with van der Waals surface area (Å²) in [7, 11) is 1.63. The van der Waals surface area contributed by atoms with E-state index in [2.05, 4.69) is 24.2 Å². The van der Waals surface area contributed by atoms with Gasteiger partial charge in [-0.05, 0) is 13.8 Å². The van der Waals surface area contributed by atoms with Gasteiger partial charge in [0.2, 0.25) is 0 Å². The molecule has 0 rings (SSSR count). The second-order valence-electron chi connectivity index (χ2n) is 2.33. The minimum atomic E-state index is -0.368. The molecule has 0 aromatic rings. The second kappa shape index (κ2) is 3.95. The molecule has 0 aromatic carbocycles. The summed E-state index contributed by atoms with van der Waals surface area (Å²) in [6.07, 6.45) is 1.57. The topological polar surface area (TPSA) is 9.23 Å². The zero-order valence-electron chi connectivity index (χ0n) is 6.69. The Balaban J connectivity index is 4.14. The second-order valence-corrected chi connectivity index (χ2v) is 2.33. The number of hydrogen-bond acceptors (Lipinski definition) is 1. The van der Waals surface area contributed by atoms with Gasteiger partial charge in [0.05, 0.1) is 0 Å². The van der Waals surface area contributed by atoms with Gasteiger partial charge in [-0.1, -0.05) is 18.4 Å². The largest absolute Gasteiger partial charge is 0.366 e. The quantitative estimate of drug-likeness (QED) is 0.394. The van der Waals surface area contributed by atoms with Crippen LogP contribution in [0.3, 0.4) is 0 Å². The van der Waals surface area contributed by atoms with Crippen molar-refractivity contribution >= 4 is 0 Å². The summed E-state index contributed by atoms with van der Waals surface area (Å²) >= 11 is 0. The predicted octanol–water partition coefficient (Wildman–Crippen LogP) is 1.76. The molecule has 0 aromatic heterocycles. The molecule has 0 N–H and O–H groups in total. The average molecular weight is 136 g/mol. The van der Waals surface area contributed by atoms with Crippen LogP contribution in [-0.2, 0) is 4.74 Å². The highest BCUT2D eigenvalue weighted by Gasteiger charge is 2.09. The average Bonchev–Trinajstić information content (AvgIpc) is 1.89. The molecule has 0 atom stereocenters. The molecule has 0 amide bonds. The lowest BCUT2D eigenvalue weighted by atomic mass is 10.1. The van der Waals surface area contributed by atoms with Crippen LogP contribution in [-0.4, -0.2) is 12.7 Å². The van der Waals surface area contributed by atoms with Gasteiger partial charge >= 0.3 is 0 Å². The minimum absolute atomic E-state index is 0.368. The summed E-state index contributed by atoms with van der Waals surface area (Å²) in [5.74, 6) is 5.63. The van der Waals surface area contributed by atoms with Crippen molar-refractivity contribution in [2.24, 2.45) is 0 Å². The fourth-order valence-corrected chi connectivity index (χ4v) is 0.312. The molecule has 0 saturated heterocycles. The first kappa shape index (κ1) is 9.04. The molecule has 0 heterocycles. The summed E-state index contributed by atoms with van der Waals surface area (Å²) in [4.78, 5) is 0. The van der Waals surface area contributed by atoms with Gasteiger partial charge in [-0.3, -0.25) is 0 Å². The maximum Gasteiger partial charge on any atom is 0.123 e. The van der Waals surface area contributed by atoms with E-state index < -0.39 is 0 Å². The van der Waals surface area contributed by atoms with Crippen LogP contribution in [0.25, 0.3) is 0 Å². The monoisotopic (exact) mass is 136 g/mol. The summed E-state index contributed by atoms with van der Waals surface area (Å²) in [5, 5.41) is 0. The first-order valence-electron chi connectivity index (χ1n) is 3.04. The SMILES string of the molecule is C=C=CC#CC(C)(C)OC. The molecule has 0 bridgehead atoms. The van der Waals surface area contributed by atoms with E-state index in [1.54, 1.807) is 13.2 Å². The first-order valence-corrected chi connectivity index (χ1v) is 3.04. The van der Waals surface area contributed by atoms with Crippen LogP contribution in [0, 0.1) is 11.8 Å². The van der Waals surface area contributed by atoms with Crippen molar-refractivity contribution in [3.05, 3.63) is 18.4 Å². The molecule has 0 fully saturated rings. The summed E-state index contributed by atoms with van der Waals surface area (Å²) < 4.78 is 5.04. The van der Waals surface area contributed by atoms with Crippen molar-refractivity contribution in [3.8, 4) is 11.8 Å². The van der Waals surface area contributed by atoms with Gasteiger partial charge in [0, 0.05) is 13.2 Å². The third-order valence-corrected chi connectivity index (χ3v) is 1.06. The van der Waals surface area contributed by atoms with Gasteiger partial charge in [0.15, 0.2) is 0 Å². The van der Waals surface area contributed by atoms with Crippen molar-refractivity contribution in [1.82, 2.24) is 0 Å². The number of hydrogen-bond donors (Lipinski definition) is 0. The zero-order valence-corrected chi connectivity index (χ0v) is 6.69. The first-order chi connectivity index (χ1) is 4.62. The molecule has 1 heteroatoms. The van der Waals surface area contributed by atoms with Gasteiger partial charge in [0.1, 0.15) is 5.60 Å². The van der Waals surface area contributed by atoms with E-state index in [1.165, 1.54) is 0 Å². The van der Waals surface area contributed by atoms with E-state index in [4.69, 9.17) is 4.74 Å². The van der Waals surface area contributed by atoms with E-state index in [-0.39, 0.29) is 5.60 Å². The van der Waals surface area contributed by atoms with Gasteiger partial charge in [0.25, 0.3) is 0 Å². The van der Waals surface area contributed by atoms with Crippen LogP contribution in [0.5, 0.6) is 0 Å². The predicted molar refractivity (Wildman–Crippen MR) is 42.6 cm³/mol. The molecular formula is C9H12O. The lowest BCUT2D eigenvalue weighted by molar-refractivity contribution is 0.0742. The van der Waals surface area contributed by atoms with Gasteiger partial charge in [-0.25, -0.2) is 0 Å². The Morgan fingerprint density at radius 2 is 2.10 bits per heavy atom. The molecule has 0 aliphatic heterocycles. The lowest BCUT2D eigenvalue weighted by Gasteiger charge is -2.13. The van der Waals surface area contributed by atoms with Crippen molar-refractivity contribution < 1.29 is 4.74 Å². The Morgan fingerprint density at radius 3 is 2.50 bits per heavy atom. The van der Waals surface area contributed by atoms with E-state index in [1.807, 2.05) is 13.8 Å². The highest BCUT2D eigenvalue weighted by Crippen LogP contribution is 2.03. The van der Waals surface area contributed by atoms with E-state index >= 15 is 0 Å². The van der Waals surface area contributed by atoms with E-state index in [0.717, 1.165) is 0 Å². The number of allylic oxidation sites excluding steroid dienone is 1. The maximum absolute atomic E-state index is 5.04. The number of ether oxygens (including phenoxy) is 1. The van der Waals surface area contributed by atoms with Crippen LogP contribution in [0.15, 0.2) is 18.4 Å². The van der Waals surface area contributed by atoms with Gasteiger partial charge in [-0.2, -0.15) is 0 Å². The van der Waals surface area contributed by atoms with Crippen LogP contribution < -0.4 is 0 Å². The standard InChI is InChI=1S/C9H12O/c1-5-6-7-8-9(2,3)10-4/h6H,1H2,2-4H3. The minimum Gasteiger partial charge on any atom is -0.366 e. The molecule has 0 unspecified atom stereocenters. The Bertz CT molecular complexity index is 197. The summed E-state index contributed by atoms with van der Waals surface area (Å²) in [6, 6.07) is 0. The van der Waals surface area contributed by atoms with Crippen molar-refractivity contribution in [2.75, 3.05) is 7.11 Å². The fourth-order valence-electron chi connectivity index (χ4n) is 0.312. The molecule has 0 spiro atoms. The van der Waals surface area contributed by atoms with Crippen LogP contribution in [0.4, 0.5) is 0 Å². The zero-order chi connectivity index (χ0) is 8.04. The Labute approximate surface area is 62.4 Å². The van der Waals surface area contributed by atoms with E-state index in [0.29, 0.717) is 0 Å². The fraction of sp³-hybridized carbons (Fsp3) is 0.444. The number of methoxy groups -OCH3 is 1. The van der Waals surface area contributed by atoms with Crippen LogP contribution in [0.1, 0.15) is 13.8 Å². The smallest absolute Gasteiger partial charge is 0.123 e. The normalized spacial score (nSPS) is 9.10. The lowest BCUT2D eigenvalue weighted by Crippen LogP contribution is -2.18. The van der Waals surface area contributed by atoms with Crippen LogP contribution in [0.2, 0.25) is 0 Å². The van der Waals surface area contributed by atoms with Gasteiger partial charge in [-0.15, -0.1) is 5.73 Å². The summed E-state index contributed by atoms with van der Waals surface area (Å²) in [5.41, 5.74) is 2.19. The molecule has 0 aliphatic carbocycles. The third kappa shape index (κ3) is 3.97. The maximum atomic E-state index is 5.04. The highest BCUT2D eigenvalue weighted by molar-refractivity contribution is 5.20. The number of rotatable bonds is 1. The van der Waals surface area contributed by atoms with Crippen molar-refractivity contribution in [1.29, 1.82) is 0 Å². The Hall–Kier alpha value is -0.960. The summed E-state index contributed by atoms with van der Waals surface area (Å²) in [6.45, 7) is 7.18. The molecule has 0 saturated carbocycles. The Kier molecular flexibility index (Phi) is 3.57. The van der Waals surface area contributed by atoms with Crippen LogP contribution >= 0.6 is 0 Å². The molecular weight excluding hydrogens is 124 g/mol. The Morgan fingerprint density at radius 1 is 1.50 bits per heavy atom. The van der Waals surface area contributed by atoms with Gasteiger partial charge < -0.3 is 4.74 Å².